The number of nitrogens with zero attached hydrogens (tertiary/aromatic N) is 1. The lowest BCUT2D eigenvalue weighted by Crippen LogP contribution is -2.27. The number of nitrogens with one attached hydrogen (secondary N) is 2. The molecule has 0 amide bonds. The van der Waals surface area contributed by atoms with Crippen LogP contribution >= 0.6 is 0 Å². The van der Waals surface area contributed by atoms with Crippen LogP contribution in [0.3, 0.4) is 0 Å². The Balaban J connectivity index is 3.25. The van der Waals surface area contributed by atoms with Crippen LogP contribution in [-0.4, -0.2) is 23.2 Å². The minimum atomic E-state index is -0.572. The molecule has 17 heavy (non-hydrogen) atoms. The van der Waals surface area contributed by atoms with E-state index in [1.54, 1.807) is 6.92 Å². The molecule has 0 saturated heterocycles. The van der Waals surface area contributed by atoms with Crippen LogP contribution < -0.4 is 16.6 Å². The Morgan fingerprint density at radius 3 is 2.82 bits per heavy atom. The maximum atomic E-state index is 11.4. The SMILES string of the molecule is Cc1c(C(C)NCCN)c(O)[nH]c(=O)c1C#N. The van der Waals surface area contributed by atoms with Gasteiger partial charge < -0.3 is 16.2 Å². The average Bonchev–Trinajstić information content (AvgIpc) is 2.26. The van der Waals surface area contributed by atoms with Crippen molar-refractivity contribution in [3.05, 3.63) is 27.0 Å². The van der Waals surface area contributed by atoms with Crippen LogP contribution in [0.25, 0.3) is 0 Å². The number of aromatic hydroxyl groups is 1. The predicted molar refractivity (Wildman–Crippen MR) is 63.7 cm³/mol. The third-order valence-corrected chi connectivity index (χ3v) is 2.63. The van der Waals surface area contributed by atoms with Gasteiger partial charge in [-0.3, -0.25) is 9.78 Å². The van der Waals surface area contributed by atoms with Crippen molar-refractivity contribution in [1.82, 2.24) is 10.3 Å². The van der Waals surface area contributed by atoms with Crippen LogP contribution in [-0.2, 0) is 0 Å². The van der Waals surface area contributed by atoms with Crippen molar-refractivity contribution < 1.29 is 5.11 Å². The zero-order chi connectivity index (χ0) is 13.0. The summed E-state index contributed by atoms with van der Waals surface area (Å²) in [4.78, 5) is 13.7. The van der Waals surface area contributed by atoms with Crippen molar-refractivity contribution in [2.45, 2.75) is 19.9 Å². The summed E-state index contributed by atoms with van der Waals surface area (Å²) in [7, 11) is 0. The smallest absolute Gasteiger partial charge is 0.268 e. The Morgan fingerprint density at radius 2 is 2.29 bits per heavy atom. The highest BCUT2D eigenvalue weighted by Gasteiger charge is 2.18. The third kappa shape index (κ3) is 2.64. The lowest BCUT2D eigenvalue weighted by Gasteiger charge is -2.17. The van der Waals surface area contributed by atoms with Gasteiger partial charge in [-0.05, 0) is 19.4 Å². The third-order valence-electron chi connectivity index (χ3n) is 2.63. The van der Waals surface area contributed by atoms with E-state index in [0.717, 1.165) is 0 Å². The molecule has 0 aliphatic carbocycles. The summed E-state index contributed by atoms with van der Waals surface area (Å²) in [5.74, 6) is -0.205. The molecule has 0 aliphatic heterocycles. The Hall–Kier alpha value is -1.84. The Bertz CT molecular complexity index is 501. The molecule has 0 bridgehead atoms. The molecule has 6 heteroatoms. The molecule has 0 saturated carbocycles. The van der Waals surface area contributed by atoms with Gasteiger partial charge in [-0.25, -0.2) is 0 Å². The van der Waals surface area contributed by atoms with Crippen molar-refractivity contribution in [3.8, 4) is 11.9 Å². The predicted octanol–water partition coefficient (Wildman–Crippen LogP) is -0.130. The molecule has 0 fully saturated rings. The van der Waals surface area contributed by atoms with Gasteiger partial charge in [0, 0.05) is 24.7 Å². The summed E-state index contributed by atoms with van der Waals surface area (Å²) in [6, 6.07) is 1.64. The number of H-pyrrole nitrogens is 1. The molecule has 0 spiro atoms. The molecule has 0 aromatic carbocycles. The van der Waals surface area contributed by atoms with Gasteiger partial charge in [0.25, 0.3) is 5.56 Å². The van der Waals surface area contributed by atoms with Crippen molar-refractivity contribution in [3.63, 3.8) is 0 Å². The molecule has 1 heterocycles. The summed E-state index contributed by atoms with van der Waals surface area (Å²) in [6.07, 6.45) is 0. The Labute approximate surface area is 99.1 Å². The average molecular weight is 236 g/mol. The number of nitriles is 1. The van der Waals surface area contributed by atoms with Gasteiger partial charge in [0.2, 0.25) is 0 Å². The normalized spacial score (nSPS) is 12.1. The van der Waals surface area contributed by atoms with E-state index in [9.17, 15) is 9.90 Å². The summed E-state index contributed by atoms with van der Waals surface area (Å²) < 4.78 is 0. The van der Waals surface area contributed by atoms with Crippen LogP contribution in [0.2, 0.25) is 0 Å². The van der Waals surface area contributed by atoms with Crippen LogP contribution in [0, 0.1) is 18.3 Å². The van der Waals surface area contributed by atoms with Crippen LogP contribution in [0.5, 0.6) is 5.88 Å². The Kier molecular flexibility index (Phi) is 4.26. The summed E-state index contributed by atoms with van der Waals surface area (Å²) >= 11 is 0. The van der Waals surface area contributed by atoms with Crippen LogP contribution in [0.15, 0.2) is 4.79 Å². The molecule has 6 nitrogen and oxygen atoms in total. The number of rotatable bonds is 4. The van der Waals surface area contributed by atoms with Crippen LogP contribution in [0.4, 0.5) is 0 Å². The lowest BCUT2D eigenvalue weighted by molar-refractivity contribution is 0.430. The summed E-state index contributed by atoms with van der Waals surface area (Å²) in [5, 5.41) is 21.7. The first-order valence-corrected chi connectivity index (χ1v) is 5.32. The number of hydrogen-bond acceptors (Lipinski definition) is 5. The second kappa shape index (κ2) is 5.48. The second-order valence-electron chi connectivity index (χ2n) is 3.79. The number of pyridine rings is 1. The van der Waals surface area contributed by atoms with E-state index in [1.165, 1.54) is 0 Å². The molecule has 1 aromatic heterocycles. The molecule has 1 atom stereocenters. The Morgan fingerprint density at radius 1 is 1.65 bits per heavy atom. The molecule has 1 aromatic rings. The van der Waals surface area contributed by atoms with Gasteiger partial charge in [0.05, 0.1) is 0 Å². The van der Waals surface area contributed by atoms with Gasteiger partial charge in [-0.1, -0.05) is 0 Å². The molecular weight excluding hydrogens is 220 g/mol. The van der Waals surface area contributed by atoms with Gasteiger partial charge in [-0.15, -0.1) is 0 Å². The van der Waals surface area contributed by atoms with E-state index in [-0.39, 0.29) is 17.5 Å². The van der Waals surface area contributed by atoms with Crippen molar-refractivity contribution in [2.75, 3.05) is 13.1 Å². The summed E-state index contributed by atoms with van der Waals surface area (Å²) in [5.41, 5.74) is 5.85. The number of aromatic nitrogens is 1. The van der Waals surface area contributed by atoms with E-state index >= 15 is 0 Å². The van der Waals surface area contributed by atoms with E-state index in [0.29, 0.717) is 24.2 Å². The maximum Gasteiger partial charge on any atom is 0.268 e. The molecule has 1 unspecified atom stereocenters. The number of nitrogens with two attached hydrogens (primary N) is 1. The highest BCUT2D eigenvalue weighted by atomic mass is 16.3. The van der Waals surface area contributed by atoms with Gasteiger partial charge >= 0.3 is 0 Å². The van der Waals surface area contributed by atoms with Gasteiger partial charge in [0.15, 0.2) is 5.88 Å². The molecule has 1 rings (SSSR count). The first-order chi connectivity index (χ1) is 8.02. The molecule has 0 radical (unpaired) electrons. The van der Waals surface area contributed by atoms with Gasteiger partial charge in [-0.2, -0.15) is 5.26 Å². The zero-order valence-corrected chi connectivity index (χ0v) is 9.87. The van der Waals surface area contributed by atoms with E-state index in [4.69, 9.17) is 11.0 Å². The topological polar surface area (TPSA) is 115 Å². The zero-order valence-electron chi connectivity index (χ0n) is 9.87. The quantitative estimate of drug-likeness (QED) is 0.581. The fourth-order valence-electron chi connectivity index (χ4n) is 1.79. The highest BCUT2D eigenvalue weighted by Crippen LogP contribution is 2.25. The maximum absolute atomic E-state index is 11.4. The molecular formula is C11H16N4O2. The standard InChI is InChI=1S/C11H16N4O2/c1-6-8(5-13)10(16)15-11(17)9(6)7(2)14-4-3-12/h7,14H,3-4,12H2,1-2H3,(H2,15,16,17). The lowest BCUT2D eigenvalue weighted by atomic mass is 10.0. The van der Waals surface area contributed by atoms with E-state index in [2.05, 4.69) is 10.3 Å². The summed E-state index contributed by atoms with van der Waals surface area (Å²) in [6.45, 7) is 4.53. The van der Waals surface area contributed by atoms with Crippen molar-refractivity contribution in [1.29, 1.82) is 5.26 Å². The van der Waals surface area contributed by atoms with Gasteiger partial charge in [0.1, 0.15) is 11.6 Å². The molecule has 0 aliphatic rings. The minimum absolute atomic E-state index is 0.0270. The first kappa shape index (κ1) is 13.2. The monoisotopic (exact) mass is 236 g/mol. The van der Waals surface area contributed by atoms with Crippen molar-refractivity contribution >= 4 is 0 Å². The second-order valence-corrected chi connectivity index (χ2v) is 3.79. The molecule has 5 N–H and O–H groups in total. The number of aromatic amines is 1. The van der Waals surface area contributed by atoms with Crippen LogP contribution in [0.1, 0.15) is 29.7 Å². The fourth-order valence-corrected chi connectivity index (χ4v) is 1.79. The van der Waals surface area contributed by atoms with Crippen molar-refractivity contribution in [2.24, 2.45) is 5.73 Å². The van der Waals surface area contributed by atoms with E-state index < -0.39 is 5.56 Å². The highest BCUT2D eigenvalue weighted by molar-refractivity contribution is 5.45. The minimum Gasteiger partial charge on any atom is -0.494 e. The fraction of sp³-hybridized carbons (Fsp3) is 0.455. The largest absolute Gasteiger partial charge is 0.494 e. The number of hydrogen-bond donors (Lipinski definition) is 4. The first-order valence-electron chi connectivity index (χ1n) is 5.32. The van der Waals surface area contributed by atoms with E-state index in [1.807, 2.05) is 13.0 Å². The molecule has 92 valence electrons.